The number of hydrogen-bond donors (Lipinski definition) is 2. The zero-order valence-corrected chi connectivity index (χ0v) is 9.03. The number of aromatic amines is 1. The first kappa shape index (κ1) is 9.46. The van der Waals surface area contributed by atoms with Gasteiger partial charge in [-0.1, -0.05) is 25.1 Å². The van der Waals surface area contributed by atoms with Crippen LogP contribution < -0.4 is 0 Å². The summed E-state index contributed by atoms with van der Waals surface area (Å²) >= 11 is 0. The smallest absolute Gasteiger partial charge is 0.311 e. The van der Waals surface area contributed by atoms with Gasteiger partial charge >= 0.3 is 5.97 Å². The number of nitrogens with one attached hydrogen (secondary N) is 1. The van der Waals surface area contributed by atoms with Crippen LogP contribution in [0.1, 0.15) is 36.4 Å². The molecule has 0 saturated heterocycles. The molecule has 1 aliphatic carbocycles. The molecule has 0 amide bonds. The Morgan fingerprint density at radius 3 is 2.94 bits per heavy atom. The van der Waals surface area contributed by atoms with Crippen LogP contribution in [0.3, 0.4) is 0 Å². The van der Waals surface area contributed by atoms with Crippen molar-refractivity contribution in [1.29, 1.82) is 0 Å². The first-order chi connectivity index (χ1) is 7.68. The highest BCUT2D eigenvalue weighted by Gasteiger charge is 2.36. The quantitative estimate of drug-likeness (QED) is 0.768. The second-order valence-corrected chi connectivity index (χ2v) is 4.53. The van der Waals surface area contributed by atoms with Gasteiger partial charge in [0, 0.05) is 16.6 Å². The fourth-order valence-electron chi connectivity index (χ4n) is 2.76. The van der Waals surface area contributed by atoms with Crippen LogP contribution in [0.25, 0.3) is 10.9 Å². The third-order valence-corrected chi connectivity index (χ3v) is 3.51. The number of carboxylic acids is 1. The van der Waals surface area contributed by atoms with Gasteiger partial charge in [0.15, 0.2) is 0 Å². The molecule has 1 aromatic carbocycles. The second kappa shape index (κ2) is 3.11. The summed E-state index contributed by atoms with van der Waals surface area (Å²) in [5, 5.41) is 10.3. The van der Waals surface area contributed by atoms with E-state index in [9.17, 15) is 9.90 Å². The molecule has 2 N–H and O–H groups in total. The molecule has 3 heteroatoms. The Balaban J connectivity index is 2.30. The maximum atomic E-state index is 11.2. The number of para-hydroxylation sites is 1. The van der Waals surface area contributed by atoms with Crippen molar-refractivity contribution < 1.29 is 9.90 Å². The number of aliphatic carboxylic acids is 1. The minimum absolute atomic E-state index is 0.309. The van der Waals surface area contributed by atoms with Gasteiger partial charge in [-0.15, -0.1) is 0 Å². The molecule has 1 aromatic heterocycles. The molecule has 0 unspecified atom stereocenters. The standard InChI is InChI=1S/C13H13NO2/c1-7-6-9(13(15)16)11-8-4-2-3-5-10(8)14-12(7)11/h2-5,7,9,14H,6H2,1H3,(H,15,16)/t7-,9+/m1/s1. The van der Waals surface area contributed by atoms with Crippen molar-refractivity contribution in [3.8, 4) is 0 Å². The number of hydrogen-bond acceptors (Lipinski definition) is 1. The van der Waals surface area contributed by atoms with E-state index < -0.39 is 5.97 Å². The van der Waals surface area contributed by atoms with Crippen molar-refractivity contribution in [2.75, 3.05) is 0 Å². The van der Waals surface area contributed by atoms with Gasteiger partial charge in [0.05, 0.1) is 5.92 Å². The maximum absolute atomic E-state index is 11.2. The van der Waals surface area contributed by atoms with Crippen molar-refractivity contribution in [2.45, 2.75) is 25.2 Å². The Hall–Kier alpha value is -1.77. The molecule has 3 rings (SSSR count). The van der Waals surface area contributed by atoms with Gasteiger partial charge < -0.3 is 10.1 Å². The molecular formula is C13H13NO2. The number of carbonyl (C=O) groups is 1. The van der Waals surface area contributed by atoms with E-state index in [0.29, 0.717) is 12.3 Å². The Kier molecular flexibility index (Phi) is 1.84. The van der Waals surface area contributed by atoms with Crippen LogP contribution in [0.15, 0.2) is 24.3 Å². The topological polar surface area (TPSA) is 53.1 Å². The lowest BCUT2D eigenvalue weighted by molar-refractivity contribution is -0.138. The van der Waals surface area contributed by atoms with Gasteiger partial charge in [-0.05, 0) is 24.0 Å². The molecule has 0 aliphatic heterocycles. The van der Waals surface area contributed by atoms with Gasteiger partial charge in [0.25, 0.3) is 0 Å². The van der Waals surface area contributed by atoms with Crippen molar-refractivity contribution in [2.24, 2.45) is 0 Å². The number of rotatable bonds is 1. The van der Waals surface area contributed by atoms with E-state index in [1.54, 1.807) is 0 Å². The fourth-order valence-corrected chi connectivity index (χ4v) is 2.76. The SMILES string of the molecule is C[C@@H]1C[C@H](C(=O)O)c2c1[nH]c1ccccc21. The van der Waals surface area contributed by atoms with E-state index in [0.717, 1.165) is 22.2 Å². The summed E-state index contributed by atoms with van der Waals surface area (Å²) in [4.78, 5) is 14.6. The van der Waals surface area contributed by atoms with E-state index in [2.05, 4.69) is 11.9 Å². The van der Waals surface area contributed by atoms with Crippen LogP contribution in [-0.4, -0.2) is 16.1 Å². The molecule has 0 radical (unpaired) electrons. The predicted octanol–water partition coefficient (Wildman–Crippen LogP) is 2.84. The van der Waals surface area contributed by atoms with Crippen molar-refractivity contribution in [3.63, 3.8) is 0 Å². The minimum atomic E-state index is -0.713. The van der Waals surface area contributed by atoms with Gasteiger partial charge in [-0.2, -0.15) is 0 Å². The monoisotopic (exact) mass is 215 g/mol. The van der Waals surface area contributed by atoms with Gasteiger partial charge in [-0.25, -0.2) is 0 Å². The van der Waals surface area contributed by atoms with E-state index in [1.165, 1.54) is 0 Å². The highest BCUT2D eigenvalue weighted by atomic mass is 16.4. The first-order valence-corrected chi connectivity index (χ1v) is 5.51. The fraction of sp³-hybridized carbons (Fsp3) is 0.308. The summed E-state index contributed by atoms with van der Waals surface area (Å²) < 4.78 is 0. The molecule has 2 aromatic rings. The molecule has 0 bridgehead atoms. The van der Waals surface area contributed by atoms with Crippen molar-refractivity contribution in [3.05, 3.63) is 35.5 Å². The number of aromatic nitrogens is 1. The summed E-state index contributed by atoms with van der Waals surface area (Å²) in [6.45, 7) is 2.08. The van der Waals surface area contributed by atoms with Crippen molar-refractivity contribution in [1.82, 2.24) is 4.98 Å². The highest BCUT2D eigenvalue weighted by molar-refractivity contribution is 5.92. The molecule has 16 heavy (non-hydrogen) atoms. The Morgan fingerprint density at radius 2 is 2.19 bits per heavy atom. The average molecular weight is 215 g/mol. The summed E-state index contributed by atoms with van der Waals surface area (Å²) in [6.07, 6.45) is 0.710. The molecule has 0 fully saturated rings. The van der Waals surface area contributed by atoms with Crippen molar-refractivity contribution >= 4 is 16.9 Å². The number of fused-ring (bicyclic) bond motifs is 3. The Bertz CT molecular complexity index is 570. The van der Waals surface area contributed by atoms with Gasteiger partial charge in [0.1, 0.15) is 0 Å². The lowest BCUT2D eigenvalue weighted by Gasteiger charge is -2.05. The molecule has 1 aliphatic rings. The summed E-state index contributed by atoms with van der Waals surface area (Å²) in [6, 6.07) is 7.92. The van der Waals surface area contributed by atoms with Gasteiger partial charge in [-0.3, -0.25) is 4.79 Å². The van der Waals surface area contributed by atoms with E-state index in [4.69, 9.17) is 0 Å². The van der Waals surface area contributed by atoms with Crippen LogP contribution in [0.2, 0.25) is 0 Å². The minimum Gasteiger partial charge on any atom is -0.481 e. The molecule has 2 atom stereocenters. The van der Waals surface area contributed by atoms with E-state index in [-0.39, 0.29) is 5.92 Å². The lowest BCUT2D eigenvalue weighted by Crippen LogP contribution is -2.07. The van der Waals surface area contributed by atoms with E-state index >= 15 is 0 Å². The number of benzene rings is 1. The first-order valence-electron chi connectivity index (χ1n) is 5.51. The predicted molar refractivity (Wildman–Crippen MR) is 61.7 cm³/mol. The Labute approximate surface area is 93.1 Å². The van der Waals surface area contributed by atoms with Crippen LogP contribution in [0.5, 0.6) is 0 Å². The molecule has 3 nitrogen and oxygen atoms in total. The van der Waals surface area contributed by atoms with Gasteiger partial charge in [0.2, 0.25) is 0 Å². The third-order valence-electron chi connectivity index (χ3n) is 3.51. The molecule has 82 valence electrons. The maximum Gasteiger partial charge on any atom is 0.311 e. The summed E-state index contributed by atoms with van der Waals surface area (Å²) in [5.41, 5.74) is 3.15. The highest BCUT2D eigenvalue weighted by Crippen LogP contribution is 2.44. The van der Waals surface area contributed by atoms with Crippen LogP contribution in [0, 0.1) is 0 Å². The van der Waals surface area contributed by atoms with Crippen LogP contribution in [-0.2, 0) is 4.79 Å². The molecule has 0 spiro atoms. The Morgan fingerprint density at radius 1 is 1.44 bits per heavy atom. The summed E-state index contributed by atoms with van der Waals surface area (Å²) in [7, 11) is 0. The number of H-pyrrole nitrogens is 1. The zero-order valence-electron chi connectivity index (χ0n) is 9.03. The van der Waals surface area contributed by atoms with E-state index in [1.807, 2.05) is 24.3 Å². The largest absolute Gasteiger partial charge is 0.481 e. The van der Waals surface area contributed by atoms with Crippen LogP contribution in [0.4, 0.5) is 0 Å². The lowest BCUT2D eigenvalue weighted by atomic mass is 10.00. The second-order valence-electron chi connectivity index (χ2n) is 4.53. The average Bonchev–Trinajstić information content (AvgIpc) is 2.77. The zero-order chi connectivity index (χ0) is 11.3. The third kappa shape index (κ3) is 1.11. The normalized spacial score (nSPS) is 23.6. The van der Waals surface area contributed by atoms with Crippen LogP contribution >= 0.6 is 0 Å². The molecule has 0 saturated carbocycles. The molecular weight excluding hydrogens is 202 g/mol. The number of carboxylic acid groups (broad SMARTS) is 1. The summed E-state index contributed by atoms with van der Waals surface area (Å²) in [5.74, 6) is -0.750. The molecule has 1 heterocycles.